The number of benzene rings is 1. The molecule has 1 aliphatic rings. The summed E-state index contributed by atoms with van der Waals surface area (Å²) in [6.07, 6.45) is 2.86. The van der Waals surface area contributed by atoms with Gasteiger partial charge in [0.05, 0.1) is 12.0 Å². The summed E-state index contributed by atoms with van der Waals surface area (Å²) in [6, 6.07) is 6.50. The van der Waals surface area contributed by atoms with Gasteiger partial charge in [0.15, 0.2) is 0 Å². The van der Waals surface area contributed by atoms with E-state index in [9.17, 15) is 8.42 Å². The van der Waals surface area contributed by atoms with Crippen molar-refractivity contribution in [2.45, 2.75) is 18.2 Å². The monoisotopic (exact) mass is 267 g/mol. The first-order valence-electron chi connectivity index (χ1n) is 5.84. The Bertz CT molecular complexity index is 546. The van der Waals surface area contributed by atoms with E-state index in [1.54, 1.807) is 31.4 Å². The first-order valence-corrected chi connectivity index (χ1v) is 7.28. The van der Waals surface area contributed by atoms with Crippen LogP contribution < -0.4 is 4.74 Å². The van der Waals surface area contributed by atoms with Gasteiger partial charge in [0, 0.05) is 13.1 Å². The lowest BCUT2D eigenvalue weighted by atomic mass is 10.2. The molecule has 0 unspecified atom stereocenters. The average molecular weight is 267 g/mol. The molecule has 98 valence electrons. The SMILES string of the molecule is COc1ccc(S(=O)(=O)N2CCC=C(C)C2)cc1. The largest absolute Gasteiger partial charge is 0.497 e. The molecule has 0 radical (unpaired) electrons. The molecule has 0 amide bonds. The maximum atomic E-state index is 12.4. The third-order valence-corrected chi connectivity index (χ3v) is 4.85. The molecular formula is C13H17NO3S. The molecule has 18 heavy (non-hydrogen) atoms. The zero-order chi connectivity index (χ0) is 13.2. The summed E-state index contributed by atoms with van der Waals surface area (Å²) < 4.78 is 31.3. The topological polar surface area (TPSA) is 46.6 Å². The van der Waals surface area contributed by atoms with Gasteiger partial charge in [-0.15, -0.1) is 0 Å². The van der Waals surface area contributed by atoms with Crippen molar-refractivity contribution in [3.63, 3.8) is 0 Å². The van der Waals surface area contributed by atoms with E-state index in [1.807, 2.05) is 6.92 Å². The highest BCUT2D eigenvalue weighted by molar-refractivity contribution is 7.89. The predicted octanol–water partition coefficient (Wildman–Crippen LogP) is 2.04. The first kappa shape index (κ1) is 13.1. The number of ether oxygens (including phenoxy) is 1. The van der Waals surface area contributed by atoms with E-state index < -0.39 is 10.0 Å². The lowest BCUT2D eigenvalue weighted by Gasteiger charge is -2.25. The summed E-state index contributed by atoms with van der Waals surface area (Å²) in [6.45, 7) is 2.98. The highest BCUT2D eigenvalue weighted by Crippen LogP contribution is 2.22. The van der Waals surface area contributed by atoms with Gasteiger partial charge >= 0.3 is 0 Å². The van der Waals surface area contributed by atoms with Crippen molar-refractivity contribution in [2.24, 2.45) is 0 Å². The Labute approximate surface area is 108 Å². The van der Waals surface area contributed by atoms with E-state index in [0.29, 0.717) is 23.7 Å². The van der Waals surface area contributed by atoms with Crippen LogP contribution in [0.3, 0.4) is 0 Å². The third-order valence-electron chi connectivity index (χ3n) is 2.99. The van der Waals surface area contributed by atoms with Gasteiger partial charge in [-0.3, -0.25) is 0 Å². The summed E-state index contributed by atoms with van der Waals surface area (Å²) in [7, 11) is -1.83. The molecule has 1 aliphatic heterocycles. The minimum atomic E-state index is -3.38. The average Bonchev–Trinajstić information content (AvgIpc) is 2.39. The number of hydrogen-bond donors (Lipinski definition) is 0. The van der Waals surface area contributed by atoms with Crippen LogP contribution in [0.4, 0.5) is 0 Å². The van der Waals surface area contributed by atoms with Crippen LogP contribution in [0.5, 0.6) is 5.75 Å². The fraction of sp³-hybridized carbons (Fsp3) is 0.385. The van der Waals surface area contributed by atoms with E-state index in [0.717, 1.165) is 12.0 Å². The Morgan fingerprint density at radius 3 is 2.44 bits per heavy atom. The van der Waals surface area contributed by atoms with E-state index in [2.05, 4.69) is 6.08 Å². The van der Waals surface area contributed by atoms with E-state index in [1.165, 1.54) is 4.31 Å². The summed E-state index contributed by atoms with van der Waals surface area (Å²) in [4.78, 5) is 0.318. The Morgan fingerprint density at radius 2 is 1.89 bits per heavy atom. The van der Waals surface area contributed by atoms with Gasteiger partial charge in [-0.1, -0.05) is 11.6 Å². The van der Waals surface area contributed by atoms with Crippen molar-refractivity contribution in [3.8, 4) is 5.75 Å². The van der Waals surface area contributed by atoms with Crippen LogP contribution in [-0.2, 0) is 10.0 Å². The molecule has 1 aromatic carbocycles. The second kappa shape index (κ2) is 5.12. The molecule has 0 atom stereocenters. The van der Waals surface area contributed by atoms with Crippen LogP contribution in [0.25, 0.3) is 0 Å². The number of sulfonamides is 1. The quantitative estimate of drug-likeness (QED) is 0.787. The zero-order valence-corrected chi connectivity index (χ0v) is 11.4. The van der Waals surface area contributed by atoms with Crippen molar-refractivity contribution < 1.29 is 13.2 Å². The molecule has 0 aliphatic carbocycles. The lowest BCUT2D eigenvalue weighted by molar-refractivity contribution is 0.413. The molecular weight excluding hydrogens is 250 g/mol. The number of methoxy groups -OCH3 is 1. The smallest absolute Gasteiger partial charge is 0.243 e. The van der Waals surface area contributed by atoms with Crippen molar-refractivity contribution >= 4 is 10.0 Å². The molecule has 2 rings (SSSR count). The van der Waals surface area contributed by atoms with Crippen molar-refractivity contribution in [1.29, 1.82) is 0 Å². The molecule has 0 saturated heterocycles. The molecule has 0 spiro atoms. The molecule has 0 aromatic heterocycles. The molecule has 4 nitrogen and oxygen atoms in total. The third kappa shape index (κ3) is 2.57. The van der Waals surface area contributed by atoms with Crippen LogP contribution in [0.15, 0.2) is 40.8 Å². The lowest BCUT2D eigenvalue weighted by Crippen LogP contribution is -2.35. The van der Waals surface area contributed by atoms with E-state index in [4.69, 9.17) is 4.74 Å². The standard InChI is InChI=1S/C13H17NO3S/c1-11-4-3-9-14(10-11)18(15,16)13-7-5-12(17-2)6-8-13/h4-8H,3,9-10H2,1-2H3. The summed E-state index contributed by atoms with van der Waals surface area (Å²) >= 11 is 0. The molecule has 1 heterocycles. The maximum absolute atomic E-state index is 12.4. The Balaban J connectivity index is 2.27. The highest BCUT2D eigenvalue weighted by atomic mass is 32.2. The van der Waals surface area contributed by atoms with Crippen molar-refractivity contribution in [3.05, 3.63) is 35.9 Å². The van der Waals surface area contributed by atoms with E-state index in [-0.39, 0.29) is 0 Å². The van der Waals surface area contributed by atoms with Gasteiger partial charge in [-0.05, 0) is 37.6 Å². The highest BCUT2D eigenvalue weighted by Gasteiger charge is 2.25. The number of rotatable bonds is 3. The van der Waals surface area contributed by atoms with Crippen LogP contribution in [0, 0.1) is 0 Å². The van der Waals surface area contributed by atoms with Crippen LogP contribution in [-0.4, -0.2) is 32.9 Å². The van der Waals surface area contributed by atoms with Crippen molar-refractivity contribution in [2.75, 3.05) is 20.2 Å². The molecule has 0 saturated carbocycles. The fourth-order valence-electron chi connectivity index (χ4n) is 1.98. The Hall–Kier alpha value is -1.33. The molecule has 0 N–H and O–H groups in total. The van der Waals surface area contributed by atoms with Gasteiger partial charge < -0.3 is 4.74 Å². The fourth-order valence-corrected chi connectivity index (χ4v) is 3.48. The van der Waals surface area contributed by atoms with Gasteiger partial charge in [-0.2, -0.15) is 4.31 Å². The molecule has 0 fully saturated rings. The zero-order valence-electron chi connectivity index (χ0n) is 10.6. The maximum Gasteiger partial charge on any atom is 0.243 e. The molecule has 0 bridgehead atoms. The van der Waals surface area contributed by atoms with E-state index >= 15 is 0 Å². The molecule has 5 heteroatoms. The number of hydrogen-bond acceptors (Lipinski definition) is 3. The van der Waals surface area contributed by atoms with Crippen LogP contribution >= 0.6 is 0 Å². The summed E-state index contributed by atoms with van der Waals surface area (Å²) in [5.74, 6) is 0.656. The Morgan fingerprint density at radius 1 is 1.22 bits per heavy atom. The minimum absolute atomic E-state index is 0.318. The first-order chi connectivity index (χ1) is 8.54. The predicted molar refractivity (Wildman–Crippen MR) is 70.1 cm³/mol. The summed E-state index contributed by atoms with van der Waals surface area (Å²) in [5, 5.41) is 0. The van der Waals surface area contributed by atoms with Crippen LogP contribution in [0.1, 0.15) is 13.3 Å². The summed E-state index contributed by atoms with van der Waals surface area (Å²) in [5.41, 5.74) is 1.10. The Kier molecular flexibility index (Phi) is 3.73. The van der Waals surface area contributed by atoms with Crippen molar-refractivity contribution in [1.82, 2.24) is 4.31 Å². The van der Waals surface area contributed by atoms with Gasteiger partial charge in [0.25, 0.3) is 0 Å². The number of nitrogens with zero attached hydrogens (tertiary/aromatic N) is 1. The van der Waals surface area contributed by atoms with Gasteiger partial charge in [0.2, 0.25) is 10.0 Å². The van der Waals surface area contributed by atoms with Gasteiger partial charge in [0.1, 0.15) is 5.75 Å². The van der Waals surface area contributed by atoms with Crippen LogP contribution in [0.2, 0.25) is 0 Å². The van der Waals surface area contributed by atoms with Gasteiger partial charge in [-0.25, -0.2) is 8.42 Å². The second-order valence-corrected chi connectivity index (χ2v) is 6.29. The minimum Gasteiger partial charge on any atom is -0.497 e. The molecule has 1 aromatic rings. The second-order valence-electron chi connectivity index (χ2n) is 4.35. The normalized spacial score (nSPS) is 17.3.